The lowest BCUT2D eigenvalue weighted by Crippen LogP contribution is -2.25. The van der Waals surface area contributed by atoms with Crippen molar-refractivity contribution in [1.29, 1.82) is 0 Å². The molecule has 0 bridgehead atoms. The van der Waals surface area contributed by atoms with E-state index < -0.39 is 18.2 Å². The summed E-state index contributed by atoms with van der Waals surface area (Å²) >= 11 is 0. The summed E-state index contributed by atoms with van der Waals surface area (Å²) in [6, 6.07) is 0. The average molecular weight is 188 g/mol. The minimum absolute atomic E-state index is 0.453. The summed E-state index contributed by atoms with van der Waals surface area (Å²) in [5.41, 5.74) is 0. The molecule has 4 heteroatoms. The van der Waals surface area contributed by atoms with Crippen molar-refractivity contribution in [3.8, 4) is 0 Å². The van der Waals surface area contributed by atoms with Gasteiger partial charge in [-0.1, -0.05) is 6.92 Å². The van der Waals surface area contributed by atoms with Crippen molar-refractivity contribution in [3.05, 3.63) is 12.2 Å². The van der Waals surface area contributed by atoms with Crippen LogP contribution in [0, 0.1) is 0 Å². The number of esters is 1. The number of rotatable bonds is 5. The van der Waals surface area contributed by atoms with Crippen molar-refractivity contribution >= 4 is 5.97 Å². The minimum atomic E-state index is -0.592. The molecule has 0 aromatic rings. The fraction of sp³-hybridized carbons (Fsp3) is 0.667. The molecule has 0 saturated heterocycles. The molecule has 0 saturated carbocycles. The van der Waals surface area contributed by atoms with E-state index in [0.29, 0.717) is 6.42 Å². The maximum Gasteiger partial charge on any atom is 0.330 e. The first-order valence-corrected chi connectivity index (χ1v) is 4.12. The summed E-state index contributed by atoms with van der Waals surface area (Å²) in [5.74, 6) is -0.453. The van der Waals surface area contributed by atoms with E-state index in [9.17, 15) is 9.90 Å². The number of hydrogen-bond acceptors (Lipinski definition) is 4. The minimum Gasteiger partial charge on any atom is -0.466 e. The van der Waals surface area contributed by atoms with Gasteiger partial charge in [0.15, 0.2) is 0 Å². The van der Waals surface area contributed by atoms with Gasteiger partial charge < -0.3 is 14.6 Å². The van der Waals surface area contributed by atoms with Gasteiger partial charge in [0.1, 0.15) is 6.10 Å². The molecule has 2 atom stereocenters. The second-order valence-corrected chi connectivity index (χ2v) is 2.56. The molecule has 0 amide bonds. The average Bonchev–Trinajstić information content (AvgIpc) is 2.17. The summed E-state index contributed by atoms with van der Waals surface area (Å²) in [7, 11) is 2.77. The van der Waals surface area contributed by atoms with Gasteiger partial charge in [0.05, 0.1) is 13.2 Å². The molecule has 0 unspecified atom stereocenters. The molecular formula is C9H16O4. The molecule has 0 aromatic carbocycles. The molecule has 0 rings (SSSR count). The van der Waals surface area contributed by atoms with Crippen LogP contribution in [-0.4, -0.2) is 37.5 Å². The summed E-state index contributed by atoms with van der Waals surface area (Å²) in [6.45, 7) is 1.84. The molecule has 1 N–H and O–H groups in total. The number of ether oxygens (including phenoxy) is 2. The van der Waals surface area contributed by atoms with Crippen LogP contribution < -0.4 is 0 Å². The van der Waals surface area contributed by atoms with Crippen molar-refractivity contribution in [2.45, 2.75) is 25.6 Å². The van der Waals surface area contributed by atoms with Crippen molar-refractivity contribution in [2.75, 3.05) is 14.2 Å². The van der Waals surface area contributed by atoms with Crippen LogP contribution in [0.3, 0.4) is 0 Å². The first-order valence-electron chi connectivity index (χ1n) is 4.12. The molecule has 13 heavy (non-hydrogen) atoms. The standard InChI is InChI=1S/C9H16O4/c1-4-7(10)8(12-2)5-6-9(11)13-3/h5-8,10H,4H2,1-3H3/b6-5+/t7-,8-/m1/s1. The predicted molar refractivity (Wildman–Crippen MR) is 48.3 cm³/mol. The number of methoxy groups -OCH3 is 2. The lowest BCUT2D eigenvalue weighted by molar-refractivity contribution is -0.134. The SMILES string of the molecule is CC[C@@H](O)[C@@H](/C=C/C(=O)OC)OC. The van der Waals surface area contributed by atoms with E-state index in [2.05, 4.69) is 4.74 Å². The van der Waals surface area contributed by atoms with Gasteiger partial charge in [-0.2, -0.15) is 0 Å². The summed E-state index contributed by atoms with van der Waals surface area (Å²) in [4.78, 5) is 10.7. The highest BCUT2D eigenvalue weighted by molar-refractivity contribution is 5.81. The molecule has 0 heterocycles. The molecule has 0 aromatic heterocycles. The van der Waals surface area contributed by atoms with Gasteiger partial charge >= 0.3 is 5.97 Å². The number of carbonyl (C=O) groups is 1. The fourth-order valence-electron chi connectivity index (χ4n) is 0.838. The fourth-order valence-corrected chi connectivity index (χ4v) is 0.838. The van der Waals surface area contributed by atoms with Crippen LogP contribution in [0.5, 0.6) is 0 Å². The summed E-state index contributed by atoms with van der Waals surface area (Å²) in [5, 5.41) is 9.37. The second-order valence-electron chi connectivity index (χ2n) is 2.56. The zero-order valence-corrected chi connectivity index (χ0v) is 8.19. The first kappa shape index (κ1) is 12.1. The Labute approximate surface area is 78.2 Å². The van der Waals surface area contributed by atoms with Crippen molar-refractivity contribution in [2.24, 2.45) is 0 Å². The van der Waals surface area contributed by atoms with Crippen LogP contribution in [-0.2, 0) is 14.3 Å². The Morgan fingerprint density at radius 1 is 1.54 bits per heavy atom. The third-order valence-electron chi connectivity index (χ3n) is 1.69. The van der Waals surface area contributed by atoms with E-state index in [4.69, 9.17) is 4.74 Å². The molecule has 0 spiro atoms. The van der Waals surface area contributed by atoms with Gasteiger partial charge in [-0.15, -0.1) is 0 Å². The predicted octanol–water partition coefficient (Wildman–Crippen LogP) is 0.501. The van der Waals surface area contributed by atoms with Gasteiger partial charge in [-0.25, -0.2) is 4.79 Å². The Kier molecular flexibility index (Phi) is 6.18. The molecular weight excluding hydrogens is 172 g/mol. The molecule has 0 aliphatic rings. The van der Waals surface area contributed by atoms with Crippen LogP contribution >= 0.6 is 0 Å². The van der Waals surface area contributed by atoms with E-state index in [1.54, 1.807) is 0 Å². The largest absolute Gasteiger partial charge is 0.466 e. The van der Waals surface area contributed by atoms with E-state index in [1.165, 1.54) is 26.4 Å². The van der Waals surface area contributed by atoms with Crippen LogP contribution in [0.4, 0.5) is 0 Å². The maximum atomic E-state index is 10.7. The zero-order chi connectivity index (χ0) is 10.3. The second kappa shape index (κ2) is 6.62. The number of carbonyl (C=O) groups excluding carboxylic acids is 1. The third kappa shape index (κ3) is 4.65. The lowest BCUT2D eigenvalue weighted by Gasteiger charge is -2.15. The highest BCUT2D eigenvalue weighted by Crippen LogP contribution is 2.03. The van der Waals surface area contributed by atoms with Crippen molar-refractivity contribution in [3.63, 3.8) is 0 Å². The van der Waals surface area contributed by atoms with E-state index in [-0.39, 0.29) is 0 Å². The quantitative estimate of drug-likeness (QED) is 0.504. The van der Waals surface area contributed by atoms with Gasteiger partial charge in [-0.05, 0) is 12.5 Å². The molecule has 76 valence electrons. The summed E-state index contributed by atoms with van der Waals surface area (Å²) in [6.07, 6.45) is 2.26. The third-order valence-corrected chi connectivity index (χ3v) is 1.69. The molecule has 4 nitrogen and oxygen atoms in total. The van der Waals surface area contributed by atoms with Gasteiger partial charge in [0, 0.05) is 13.2 Å². The highest BCUT2D eigenvalue weighted by Gasteiger charge is 2.13. The first-order chi connectivity index (χ1) is 6.15. The number of hydrogen-bond donors (Lipinski definition) is 1. The molecule has 0 fully saturated rings. The van der Waals surface area contributed by atoms with Crippen LogP contribution in [0.2, 0.25) is 0 Å². The van der Waals surface area contributed by atoms with Gasteiger partial charge in [-0.3, -0.25) is 0 Å². The van der Waals surface area contributed by atoms with Crippen molar-refractivity contribution < 1.29 is 19.4 Å². The molecule has 0 aliphatic carbocycles. The summed E-state index contributed by atoms with van der Waals surface area (Å²) < 4.78 is 9.35. The topological polar surface area (TPSA) is 55.8 Å². The van der Waals surface area contributed by atoms with Crippen molar-refractivity contribution in [1.82, 2.24) is 0 Å². The Bertz CT molecular complexity index is 176. The lowest BCUT2D eigenvalue weighted by atomic mass is 10.1. The van der Waals surface area contributed by atoms with Crippen LogP contribution in [0.25, 0.3) is 0 Å². The smallest absolute Gasteiger partial charge is 0.330 e. The zero-order valence-electron chi connectivity index (χ0n) is 8.19. The van der Waals surface area contributed by atoms with E-state index in [0.717, 1.165) is 0 Å². The normalized spacial score (nSPS) is 15.7. The Morgan fingerprint density at radius 3 is 2.54 bits per heavy atom. The molecule has 0 aliphatic heterocycles. The highest BCUT2D eigenvalue weighted by atomic mass is 16.5. The Hall–Kier alpha value is -0.870. The van der Waals surface area contributed by atoms with Crippen LogP contribution in [0.15, 0.2) is 12.2 Å². The number of aliphatic hydroxyl groups excluding tert-OH is 1. The van der Waals surface area contributed by atoms with Crippen LogP contribution in [0.1, 0.15) is 13.3 Å². The number of aliphatic hydroxyl groups is 1. The van der Waals surface area contributed by atoms with Gasteiger partial charge in [0.2, 0.25) is 0 Å². The Morgan fingerprint density at radius 2 is 2.15 bits per heavy atom. The maximum absolute atomic E-state index is 10.7. The van der Waals surface area contributed by atoms with E-state index >= 15 is 0 Å². The monoisotopic (exact) mass is 188 g/mol. The molecule has 0 radical (unpaired) electrons. The Balaban J connectivity index is 4.11. The van der Waals surface area contributed by atoms with E-state index in [1.807, 2.05) is 6.92 Å². The van der Waals surface area contributed by atoms with Gasteiger partial charge in [0.25, 0.3) is 0 Å².